The van der Waals surface area contributed by atoms with Crippen molar-refractivity contribution in [3.05, 3.63) is 41.0 Å². The van der Waals surface area contributed by atoms with Gasteiger partial charge in [-0.05, 0) is 79.7 Å². The lowest BCUT2D eigenvalue weighted by atomic mass is 9.60. The minimum atomic E-state index is 0.152. The Labute approximate surface area is 140 Å². The molecule has 0 amide bonds. The first kappa shape index (κ1) is 15.3. The summed E-state index contributed by atoms with van der Waals surface area (Å²) in [5, 5.41) is 9.94. The standard InChI is InChI=1S/C21H29NO/c1-21(2)18-8-5-11-22(14-15-6-3-4-7-15)20(18)12-16-9-10-17(23)13-19(16)21/h6,9-10,13,18,20,23H,3-5,7-8,11-12,14H2,1-2H3. The zero-order chi connectivity index (χ0) is 16.0. The first-order valence-electron chi connectivity index (χ1n) is 9.30. The summed E-state index contributed by atoms with van der Waals surface area (Å²) in [5.41, 5.74) is 4.64. The van der Waals surface area contributed by atoms with Crippen molar-refractivity contribution in [3.8, 4) is 5.75 Å². The number of hydrogen-bond donors (Lipinski definition) is 1. The number of nitrogens with zero attached hydrogens (tertiary/aromatic N) is 1. The number of phenols is 1. The normalized spacial score (nSPS) is 29.7. The number of rotatable bonds is 2. The molecule has 2 aliphatic carbocycles. The second-order valence-corrected chi connectivity index (χ2v) is 8.31. The van der Waals surface area contributed by atoms with Crippen LogP contribution >= 0.6 is 0 Å². The summed E-state index contributed by atoms with van der Waals surface area (Å²) in [4.78, 5) is 2.77. The molecule has 23 heavy (non-hydrogen) atoms. The summed E-state index contributed by atoms with van der Waals surface area (Å²) in [6, 6.07) is 6.70. The van der Waals surface area contributed by atoms with E-state index in [1.807, 2.05) is 12.1 Å². The maximum atomic E-state index is 9.94. The third-order valence-corrected chi connectivity index (χ3v) is 6.58. The Kier molecular flexibility index (Phi) is 3.76. The minimum absolute atomic E-state index is 0.152. The molecule has 1 aromatic carbocycles. The molecule has 1 aliphatic heterocycles. The molecular weight excluding hydrogens is 282 g/mol. The van der Waals surface area contributed by atoms with Gasteiger partial charge in [0.25, 0.3) is 0 Å². The maximum absolute atomic E-state index is 9.94. The van der Waals surface area contributed by atoms with Gasteiger partial charge in [-0.2, -0.15) is 0 Å². The fraction of sp³-hybridized carbons (Fsp3) is 0.619. The van der Waals surface area contributed by atoms with E-state index in [1.165, 1.54) is 56.3 Å². The predicted molar refractivity (Wildman–Crippen MR) is 94.9 cm³/mol. The highest BCUT2D eigenvalue weighted by Gasteiger charge is 2.46. The van der Waals surface area contributed by atoms with Gasteiger partial charge in [0.2, 0.25) is 0 Å². The molecule has 4 rings (SSSR count). The van der Waals surface area contributed by atoms with E-state index in [1.54, 1.807) is 5.57 Å². The summed E-state index contributed by atoms with van der Waals surface area (Å²) in [5.74, 6) is 1.12. The first-order chi connectivity index (χ1) is 11.1. The van der Waals surface area contributed by atoms with Gasteiger partial charge >= 0.3 is 0 Å². The first-order valence-corrected chi connectivity index (χ1v) is 9.30. The Balaban J connectivity index is 1.66. The number of allylic oxidation sites excluding steroid dienone is 1. The highest BCUT2D eigenvalue weighted by Crippen LogP contribution is 2.47. The number of benzene rings is 1. The molecule has 0 spiro atoms. The van der Waals surface area contributed by atoms with E-state index in [9.17, 15) is 5.11 Å². The SMILES string of the molecule is CC1(C)c2cc(O)ccc2CC2C1CCCN2CC1=CCCC1. The van der Waals surface area contributed by atoms with E-state index in [0.29, 0.717) is 17.7 Å². The fourth-order valence-electron chi connectivity index (χ4n) is 5.35. The molecule has 0 radical (unpaired) electrons. The van der Waals surface area contributed by atoms with Crippen LogP contribution < -0.4 is 0 Å². The van der Waals surface area contributed by atoms with Gasteiger partial charge in [-0.15, -0.1) is 0 Å². The van der Waals surface area contributed by atoms with Crippen molar-refractivity contribution in [2.75, 3.05) is 13.1 Å². The van der Waals surface area contributed by atoms with Crippen molar-refractivity contribution < 1.29 is 5.11 Å². The van der Waals surface area contributed by atoms with Gasteiger partial charge in [0.15, 0.2) is 0 Å². The monoisotopic (exact) mass is 311 g/mol. The van der Waals surface area contributed by atoms with Gasteiger partial charge in [0, 0.05) is 12.6 Å². The quantitative estimate of drug-likeness (QED) is 0.817. The number of likely N-dealkylation sites (tertiary alicyclic amines) is 1. The molecule has 3 aliphatic rings. The molecular formula is C21H29NO. The lowest BCUT2D eigenvalue weighted by molar-refractivity contribution is 0.0505. The smallest absolute Gasteiger partial charge is 0.115 e. The van der Waals surface area contributed by atoms with Crippen LogP contribution in [-0.2, 0) is 11.8 Å². The van der Waals surface area contributed by atoms with Gasteiger partial charge in [-0.25, -0.2) is 0 Å². The molecule has 0 aromatic heterocycles. The second-order valence-electron chi connectivity index (χ2n) is 8.31. The predicted octanol–water partition coefficient (Wildman–Crippen LogP) is 4.42. The molecule has 2 nitrogen and oxygen atoms in total. The molecule has 124 valence electrons. The summed E-state index contributed by atoms with van der Waals surface area (Å²) in [7, 11) is 0. The molecule has 0 bridgehead atoms. The highest BCUT2D eigenvalue weighted by molar-refractivity contribution is 5.43. The van der Waals surface area contributed by atoms with E-state index in [-0.39, 0.29) is 5.41 Å². The van der Waals surface area contributed by atoms with Crippen LogP contribution in [0.1, 0.15) is 57.1 Å². The second kappa shape index (κ2) is 5.66. The van der Waals surface area contributed by atoms with Crippen LogP contribution in [0.3, 0.4) is 0 Å². The van der Waals surface area contributed by atoms with E-state index in [2.05, 4.69) is 30.9 Å². The van der Waals surface area contributed by atoms with E-state index < -0.39 is 0 Å². The Morgan fingerprint density at radius 1 is 1.26 bits per heavy atom. The van der Waals surface area contributed by atoms with E-state index in [4.69, 9.17) is 0 Å². The fourth-order valence-corrected chi connectivity index (χ4v) is 5.35. The van der Waals surface area contributed by atoms with Crippen LogP contribution in [0.15, 0.2) is 29.8 Å². The average molecular weight is 311 g/mol. The molecule has 1 fully saturated rings. The van der Waals surface area contributed by atoms with Crippen molar-refractivity contribution in [3.63, 3.8) is 0 Å². The Bertz CT molecular complexity index is 631. The van der Waals surface area contributed by atoms with E-state index in [0.717, 1.165) is 6.42 Å². The Hall–Kier alpha value is -1.28. The molecule has 2 atom stereocenters. The van der Waals surface area contributed by atoms with Gasteiger partial charge in [0.1, 0.15) is 5.75 Å². The van der Waals surface area contributed by atoms with Crippen molar-refractivity contribution in [2.45, 2.75) is 63.8 Å². The third kappa shape index (κ3) is 2.61. The van der Waals surface area contributed by atoms with Crippen LogP contribution in [0.25, 0.3) is 0 Å². The summed E-state index contributed by atoms with van der Waals surface area (Å²) >= 11 is 0. The van der Waals surface area contributed by atoms with Crippen LogP contribution in [-0.4, -0.2) is 29.1 Å². The van der Waals surface area contributed by atoms with Gasteiger partial charge in [-0.1, -0.05) is 31.6 Å². The van der Waals surface area contributed by atoms with Crippen molar-refractivity contribution in [1.29, 1.82) is 0 Å². The highest BCUT2D eigenvalue weighted by atomic mass is 16.3. The molecule has 2 unspecified atom stereocenters. The zero-order valence-corrected chi connectivity index (χ0v) is 14.5. The van der Waals surface area contributed by atoms with Crippen molar-refractivity contribution in [1.82, 2.24) is 4.90 Å². The van der Waals surface area contributed by atoms with Gasteiger partial charge in [0.05, 0.1) is 0 Å². The van der Waals surface area contributed by atoms with Crippen LogP contribution in [0.5, 0.6) is 5.75 Å². The van der Waals surface area contributed by atoms with Crippen molar-refractivity contribution in [2.24, 2.45) is 5.92 Å². The number of piperidine rings is 1. The average Bonchev–Trinajstić information content (AvgIpc) is 3.02. The Morgan fingerprint density at radius 3 is 2.91 bits per heavy atom. The molecule has 2 heteroatoms. The molecule has 1 aromatic rings. The van der Waals surface area contributed by atoms with Crippen LogP contribution in [0, 0.1) is 5.92 Å². The summed E-state index contributed by atoms with van der Waals surface area (Å²) in [6.45, 7) is 7.22. The number of fused-ring (bicyclic) bond motifs is 2. The van der Waals surface area contributed by atoms with Crippen LogP contribution in [0.2, 0.25) is 0 Å². The summed E-state index contributed by atoms with van der Waals surface area (Å²) < 4.78 is 0. The minimum Gasteiger partial charge on any atom is -0.508 e. The number of hydrogen-bond acceptors (Lipinski definition) is 2. The topological polar surface area (TPSA) is 23.5 Å². The molecule has 1 heterocycles. The lowest BCUT2D eigenvalue weighted by Crippen LogP contribution is -2.55. The molecule has 1 saturated heterocycles. The van der Waals surface area contributed by atoms with Crippen LogP contribution in [0.4, 0.5) is 0 Å². The zero-order valence-electron chi connectivity index (χ0n) is 14.5. The Morgan fingerprint density at radius 2 is 2.13 bits per heavy atom. The molecule has 0 saturated carbocycles. The van der Waals surface area contributed by atoms with Gasteiger partial charge in [-0.3, -0.25) is 4.90 Å². The summed E-state index contributed by atoms with van der Waals surface area (Å²) in [6.07, 6.45) is 10.2. The number of aromatic hydroxyl groups is 1. The van der Waals surface area contributed by atoms with E-state index >= 15 is 0 Å². The third-order valence-electron chi connectivity index (χ3n) is 6.58. The largest absolute Gasteiger partial charge is 0.508 e. The maximum Gasteiger partial charge on any atom is 0.115 e. The molecule has 1 N–H and O–H groups in total. The van der Waals surface area contributed by atoms with Crippen molar-refractivity contribution >= 4 is 0 Å². The number of phenolic OH excluding ortho intramolecular Hbond substituents is 1. The lowest BCUT2D eigenvalue weighted by Gasteiger charge is -2.52. The van der Waals surface area contributed by atoms with Gasteiger partial charge < -0.3 is 5.11 Å².